The van der Waals surface area contributed by atoms with E-state index in [2.05, 4.69) is 32.2 Å². The summed E-state index contributed by atoms with van der Waals surface area (Å²) in [5.74, 6) is -0.979. The van der Waals surface area contributed by atoms with Crippen LogP contribution in [0.15, 0.2) is 73.5 Å². The van der Waals surface area contributed by atoms with Crippen LogP contribution in [0.4, 0.5) is 29.2 Å². The summed E-state index contributed by atoms with van der Waals surface area (Å²) in [6.07, 6.45) is 2.40. The molecule has 0 saturated heterocycles. The molecule has 2 aromatic heterocycles. The summed E-state index contributed by atoms with van der Waals surface area (Å²) in [4.78, 5) is 25.8. The van der Waals surface area contributed by atoms with E-state index in [1.54, 1.807) is 18.3 Å². The first kappa shape index (κ1) is 25.3. The molecule has 0 aliphatic rings. The highest BCUT2D eigenvalue weighted by atomic mass is 19.4. The number of alkyl halides is 3. The van der Waals surface area contributed by atoms with E-state index in [9.17, 15) is 22.4 Å². The molecule has 3 rings (SSSR count). The fourth-order valence-electron chi connectivity index (χ4n) is 3.00. The molecule has 2 heterocycles. The van der Waals surface area contributed by atoms with Gasteiger partial charge in [-0.25, -0.2) is 14.4 Å². The van der Waals surface area contributed by atoms with Gasteiger partial charge >= 0.3 is 6.18 Å². The summed E-state index contributed by atoms with van der Waals surface area (Å²) in [6, 6.07) is 6.21. The molecule has 35 heavy (non-hydrogen) atoms. The van der Waals surface area contributed by atoms with Crippen molar-refractivity contribution in [2.45, 2.75) is 12.6 Å². The Morgan fingerprint density at radius 1 is 1.06 bits per heavy atom. The number of hydrogen-bond acceptors (Lipinski definition) is 6. The van der Waals surface area contributed by atoms with Gasteiger partial charge in [0.15, 0.2) is 0 Å². The van der Waals surface area contributed by atoms with Crippen LogP contribution in [0, 0.1) is 5.82 Å². The zero-order chi connectivity index (χ0) is 25.6. The lowest BCUT2D eigenvalue weighted by Crippen LogP contribution is -2.16. The van der Waals surface area contributed by atoms with Crippen LogP contribution in [0.25, 0.3) is 11.1 Å². The van der Waals surface area contributed by atoms with Gasteiger partial charge in [-0.15, -0.1) is 0 Å². The molecule has 1 aromatic carbocycles. The number of aromatic nitrogens is 3. The lowest BCUT2D eigenvalue weighted by molar-refractivity contribution is -0.141. The van der Waals surface area contributed by atoms with Gasteiger partial charge in [0.25, 0.3) is 0 Å². The molecule has 0 saturated carbocycles. The summed E-state index contributed by atoms with van der Waals surface area (Å²) in [5, 5.41) is 5.33. The Bertz CT molecular complexity index is 1240. The SMILES string of the molecule is C=C/C(=C\N(C)C)Nc1ncc(-c2ccc(CC(=O)Nc3ccnc(C(F)(F)F)c3)c(F)c2)cn1. The number of allylic oxidation sites excluding steroid dienone is 1. The van der Waals surface area contributed by atoms with E-state index in [0.29, 0.717) is 28.8 Å². The summed E-state index contributed by atoms with van der Waals surface area (Å²) in [7, 11) is 3.72. The number of rotatable bonds is 8. The van der Waals surface area contributed by atoms with Crippen molar-refractivity contribution in [2.24, 2.45) is 0 Å². The number of anilines is 2. The van der Waals surface area contributed by atoms with Crippen LogP contribution < -0.4 is 10.6 Å². The number of benzene rings is 1. The lowest BCUT2D eigenvalue weighted by atomic mass is 10.0. The quantitative estimate of drug-likeness (QED) is 0.349. The highest BCUT2D eigenvalue weighted by Gasteiger charge is 2.32. The Hall–Kier alpha value is -4.28. The first-order valence-electron chi connectivity index (χ1n) is 10.3. The van der Waals surface area contributed by atoms with Crippen molar-refractivity contribution in [1.29, 1.82) is 0 Å². The van der Waals surface area contributed by atoms with Crippen molar-refractivity contribution in [3.8, 4) is 11.1 Å². The van der Waals surface area contributed by atoms with Gasteiger partial charge in [0.2, 0.25) is 11.9 Å². The lowest BCUT2D eigenvalue weighted by Gasteiger charge is -2.11. The Morgan fingerprint density at radius 3 is 2.37 bits per heavy atom. The number of nitrogens with zero attached hydrogens (tertiary/aromatic N) is 4. The van der Waals surface area contributed by atoms with Gasteiger partial charge in [-0.3, -0.25) is 9.78 Å². The highest BCUT2D eigenvalue weighted by Crippen LogP contribution is 2.29. The number of pyridine rings is 1. The maximum atomic E-state index is 14.7. The van der Waals surface area contributed by atoms with Crippen molar-refractivity contribution in [3.05, 3.63) is 90.5 Å². The third kappa shape index (κ3) is 7.10. The largest absolute Gasteiger partial charge is 0.433 e. The van der Waals surface area contributed by atoms with E-state index >= 15 is 0 Å². The third-order valence-corrected chi connectivity index (χ3v) is 4.60. The second-order valence-electron chi connectivity index (χ2n) is 7.63. The smallest absolute Gasteiger partial charge is 0.382 e. The molecular formula is C24H22F4N6O. The fourth-order valence-corrected chi connectivity index (χ4v) is 3.00. The molecule has 182 valence electrons. The summed E-state index contributed by atoms with van der Waals surface area (Å²) in [6.45, 7) is 3.72. The number of amides is 1. The van der Waals surface area contributed by atoms with Crippen molar-refractivity contribution < 1.29 is 22.4 Å². The van der Waals surface area contributed by atoms with E-state index in [1.807, 2.05) is 19.0 Å². The topological polar surface area (TPSA) is 83.0 Å². The Morgan fingerprint density at radius 2 is 1.77 bits per heavy atom. The van der Waals surface area contributed by atoms with E-state index in [-0.39, 0.29) is 17.7 Å². The monoisotopic (exact) mass is 486 g/mol. The molecule has 1 amide bonds. The van der Waals surface area contributed by atoms with Crippen LogP contribution in [0.3, 0.4) is 0 Å². The second-order valence-corrected chi connectivity index (χ2v) is 7.63. The van der Waals surface area contributed by atoms with E-state index < -0.39 is 23.6 Å². The molecule has 0 radical (unpaired) electrons. The molecule has 0 bridgehead atoms. The van der Waals surface area contributed by atoms with E-state index in [4.69, 9.17) is 0 Å². The number of carbonyl (C=O) groups excluding carboxylic acids is 1. The molecule has 0 aliphatic carbocycles. The Labute approximate surface area is 199 Å². The first-order valence-corrected chi connectivity index (χ1v) is 10.3. The second kappa shape index (κ2) is 10.8. The van der Waals surface area contributed by atoms with Crippen LogP contribution in [-0.4, -0.2) is 39.9 Å². The standard InChI is InChI=1S/C24H22F4N6O/c1-4-18(14-34(2)3)33-23-30-12-17(13-31-23)15-5-6-16(20(25)9-15)10-22(35)32-19-7-8-29-21(11-19)24(26,27)28/h4-9,11-14H,1,10H2,2-3H3,(H,29,32,35)(H,30,31,33)/b18-14+. The van der Waals surface area contributed by atoms with Crippen LogP contribution in [0.2, 0.25) is 0 Å². The van der Waals surface area contributed by atoms with Gasteiger partial charge in [0, 0.05) is 50.1 Å². The van der Waals surface area contributed by atoms with E-state index in [0.717, 1.165) is 6.20 Å². The molecule has 0 atom stereocenters. The third-order valence-electron chi connectivity index (χ3n) is 4.60. The van der Waals surface area contributed by atoms with Gasteiger partial charge in [0.05, 0.1) is 12.1 Å². The van der Waals surface area contributed by atoms with Crippen LogP contribution in [-0.2, 0) is 17.4 Å². The van der Waals surface area contributed by atoms with Crippen molar-refractivity contribution in [3.63, 3.8) is 0 Å². The van der Waals surface area contributed by atoms with Gasteiger partial charge in [0.1, 0.15) is 11.5 Å². The maximum Gasteiger partial charge on any atom is 0.433 e. The molecule has 11 heteroatoms. The van der Waals surface area contributed by atoms with Gasteiger partial charge in [-0.2, -0.15) is 13.2 Å². The van der Waals surface area contributed by atoms with Crippen molar-refractivity contribution in [2.75, 3.05) is 24.7 Å². The number of carbonyl (C=O) groups is 1. The molecule has 3 aromatic rings. The molecule has 2 N–H and O–H groups in total. The minimum Gasteiger partial charge on any atom is -0.382 e. The Balaban J connectivity index is 1.67. The first-order chi connectivity index (χ1) is 16.5. The zero-order valence-corrected chi connectivity index (χ0v) is 18.9. The van der Waals surface area contributed by atoms with Crippen LogP contribution >= 0.6 is 0 Å². The highest BCUT2D eigenvalue weighted by molar-refractivity contribution is 5.92. The number of halogens is 4. The molecule has 0 aliphatic heterocycles. The van der Waals surface area contributed by atoms with Gasteiger partial charge in [-0.05, 0) is 35.4 Å². The van der Waals surface area contributed by atoms with Crippen LogP contribution in [0.5, 0.6) is 0 Å². The van der Waals surface area contributed by atoms with E-state index in [1.165, 1.54) is 30.6 Å². The Kier molecular flexibility index (Phi) is 7.80. The van der Waals surface area contributed by atoms with Gasteiger partial charge < -0.3 is 15.5 Å². The summed E-state index contributed by atoms with van der Waals surface area (Å²) >= 11 is 0. The summed E-state index contributed by atoms with van der Waals surface area (Å²) < 4.78 is 53.0. The zero-order valence-electron chi connectivity index (χ0n) is 18.9. The molecular weight excluding hydrogens is 464 g/mol. The predicted molar refractivity (Wildman–Crippen MR) is 125 cm³/mol. The molecule has 0 unspecified atom stereocenters. The average molecular weight is 486 g/mol. The normalized spacial score (nSPS) is 11.7. The minimum atomic E-state index is -4.64. The summed E-state index contributed by atoms with van der Waals surface area (Å²) in [5.41, 5.74) is 0.607. The average Bonchev–Trinajstić information content (AvgIpc) is 2.80. The van der Waals surface area contributed by atoms with Crippen molar-refractivity contribution in [1.82, 2.24) is 19.9 Å². The number of hydrogen-bond donors (Lipinski definition) is 2. The maximum absolute atomic E-state index is 14.7. The number of nitrogens with one attached hydrogen (secondary N) is 2. The molecule has 7 nitrogen and oxygen atoms in total. The predicted octanol–water partition coefficient (Wildman–Crippen LogP) is 4.88. The molecule has 0 fully saturated rings. The minimum absolute atomic E-state index is 0.0831. The fraction of sp³-hybridized carbons (Fsp3) is 0.167. The van der Waals surface area contributed by atoms with Gasteiger partial charge in [-0.1, -0.05) is 18.7 Å². The van der Waals surface area contributed by atoms with Crippen LogP contribution in [0.1, 0.15) is 11.3 Å². The molecule has 0 spiro atoms. The van der Waals surface area contributed by atoms with Crippen molar-refractivity contribution >= 4 is 17.5 Å².